The number of ether oxygens (including phenoxy) is 1. The lowest BCUT2D eigenvalue weighted by atomic mass is 9.83. The van der Waals surface area contributed by atoms with Crippen molar-refractivity contribution >= 4 is 11.6 Å². The van der Waals surface area contributed by atoms with Crippen molar-refractivity contribution in [1.29, 1.82) is 0 Å². The summed E-state index contributed by atoms with van der Waals surface area (Å²) < 4.78 is 5.84. The van der Waals surface area contributed by atoms with Crippen molar-refractivity contribution < 1.29 is 24.5 Å². The van der Waals surface area contributed by atoms with Crippen LogP contribution in [0.3, 0.4) is 0 Å². The number of benzene rings is 2. The van der Waals surface area contributed by atoms with Gasteiger partial charge in [-0.3, -0.25) is 9.59 Å². The van der Waals surface area contributed by atoms with Crippen LogP contribution in [0.15, 0.2) is 30.3 Å². The van der Waals surface area contributed by atoms with Gasteiger partial charge >= 0.3 is 0 Å². The number of hydrogen-bond donors (Lipinski definition) is 2. The summed E-state index contributed by atoms with van der Waals surface area (Å²) in [6, 6.07) is 7.65. The van der Waals surface area contributed by atoms with Gasteiger partial charge in [-0.25, -0.2) is 0 Å². The van der Waals surface area contributed by atoms with E-state index in [-0.39, 0.29) is 34.1 Å². The largest absolute Gasteiger partial charge is 0.504 e. The first kappa shape index (κ1) is 17.0. The molecule has 1 aliphatic carbocycles. The Morgan fingerprint density at radius 2 is 1.64 bits per heavy atom. The minimum atomic E-state index is -0.587. The van der Waals surface area contributed by atoms with Gasteiger partial charge in [0.2, 0.25) is 0 Å². The number of fused-ring (bicyclic) bond motifs is 2. The summed E-state index contributed by atoms with van der Waals surface area (Å²) in [4.78, 5) is 25.7. The molecule has 25 heavy (non-hydrogen) atoms. The van der Waals surface area contributed by atoms with Gasteiger partial charge in [0.05, 0.1) is 17.2 Å². The Morgan fingerprint density at radius 3 is 2.24 bits per heavy atom. The zero-order chi connectivity index (χ0) is 18.1. The van der Waals surface area contributed by atoms with Gasteiger partial charge < -0.3 is 14.9 Å². The van der Waals surface area contributed by atoms with Crippen molar-refractivity contribution in [3.63, 3.8) is 0 Å². The van der Waals surface area contributed by atoms with Gasteiger partial charge in [-0.05, 0) is 13.3 Å². The predicted molar refractivity (Wildman–Crippen MR) is 92.7 cm³/mol. The van der Waals surface area contributed by atoms with E-state index in [0.717, 1.165) is 19.3 Å². The number of carbonyl (C=O) groups is 2. The summed E-state index contributed by atoms with van der Waals surface area (Å²) in [5, 5.41) is 20.2. The molecule has 0 amide bonds. The number of aromatic hydroxyl groups is 2. The molecule has 5 heteroatoms. The van der Waals surface area contributed by atoms with Crippen molar-refractivity contribution in [2.45, 2.75) is 39.2 Å². The average molecular weight is 340 g/mol. The lowest BCUT2D eigenvalue weighted by molar-refractivity contribution is 0.0969. The van der Waals surface area contributed by atoms with Crippen LogP contribution in [0.1, 0.15) is 65.0 Å². The topological polar surface area (TPSA) is 83.8 Å². The number of unbranched alkanes of at least 4 members (excludes halogenated alkanes) is 1. The molecular formula is C20H20O5. The number of hydrogen-bond acceptors (Lipinski definition) is 5. The maximum absolute atomic E-state index is 12.9. The first-order valence-corrected chi connectivity index (χ1v) is 8.39. The summed E-state index contributed by atoms with van der Waals surface area (Å²) >= 11 is 0. The lowest BCUT2D eigenvalue weighted by Gasteiger charge is -2.23. The predicted octanol–water partition coefficient (Wildman–Crippen LogP) is 3.83. The highest BCUT2D eigenvalue weighted by atomic mass is 16.5. The normalized spacial score (nSPS) is 14.0. The van der Waals surface area contributed by atoms with Crippen LogP contribution in [0.5, 0.6) is 17.2 Å². The zero-order valence-corrected chi connectivity index (χ0v) is 14.2. The SMILES string of the molecule is CCCCC(C)Oc1cc(O)c(O)c2c1C(=O)c1ccccc1C2=O. The molecule has 2 N–H and O–H groups in total. The third kappa shape index (κ3) is 2.86. The second-order valence-corrected chi connectivity index (χ2v) is 6.27. The Balaban J connectivity index is 2.13. The van der Waals surface area contributed by atoms with Crippen LogP contribution in [0.25, 0.3) is 0 Å². The monoisotopic (exact) mass is 340 g/mol. The smallest absolute Gasteiger partial charge is 0.198 e. The van der Waals surface area contributed by atoms with Crippen LogP contribution >= 0.6 is 0 Å². The Labute approximate surface area is 145 Å². The highest BCUT2D eigenvalue weighted by Gasteiger charge is 2.36. The van der Waals surface area contributed by atoms with Crippen LogP contribution in [0, 0.1) is 0 Å². The number of rotatable bonds is 5. The molecule has 2 aromatic carbocycles. The molecule has 2 aromatic rings. The molecule has 0 aromatic heterocycles. The van der Waals surface area contributed by atoms with Crippen LogP contribution in [0.4, 0.5) is 0 Å². The molecule has 0 fully saturated rings. The van der Waals surface area contributed by atoms with Crippen molar-refractivity contribution in [3.8, 4) is 17.2 Å². The number of ketones is 2. The van der Waals surface area contributed by atoms with Crippen LogP contribution in [-0.2, 0) is 0 Å². The Kier molecular flexibility index (Phi) is 4.49. The molecule has 1 unspecified atom stereocenters. The first-order valence-electron chi connectivity index (χ1n) is 8.39. The standard InChI is InChI=1S/C20H20O5/c1-3-4-7-11(2)25-15-10-14(21)20(24)17-16(15)18(22)12-8-5-6-9-13(12)19(17)23/h5-6,8-11,21,24H,3-4,7H2,1-2H3. The van der Waals surface area contributed by atoms with Gasteiger partial charge in [-0.1, -0.05) is 44.0 Å². The van der Waals surface area contributed by atoms with E-state index in [9.17, 15) is 19.8 Å². The Bertz CT molecular complexity index is 853. The first-order chi connectivity index (χ1) is 12.0. The lowest BCUT2D eigenvalue weighted by Crippen LogP contribution is -2.23. The van der Waals surface area contributed by atoms with E-state index in [2.05, 4.69) is 6.92 Å². The Hall–Kier alpha value is -2.82. The summed E-state index contributed by atoms with van der Waals surface area (Å²) in [5.74, 6) is -1.82. The van der Waals surface area contributed by atoms with E-state index in [1.165, 1.54) is 12.1 Å². The van der Waals surface area contributed by atoms with E-state index in [1.807, 2.05) is 6.92 Å². The molecule has 0 aliphatic heterocycles. The fourth-order valence-electron chi connectivity index (χ4n) is 3.09. The fraction of sp³-hybridized carbons (Fsp3) is 0.300. The van der Waals surface area contributed by atoms with Gasteiger partial charge in [0.25, 0.3) is 0 Å². The van der Waals surface area contributed by atoms with Crippen molar-refractivity contribution in [2.75, 3.05) is 0 Å². The quantitative estimate of drug-likeness (QED) is 0.690. The molecular weight excluding hydrogens is 320 g/mol. The number of phenolic OH excluding ortho intramolecular Hbond substituents is 2. The molecule has 1 aliphatic rings. The maximum atomic E-state index is 12.9. The molecule has 0 saturated carbocycles. The highest BCUT2D eigenvalue weighted by Crippen LogP contribution is 2.43. The molecule has 3 rings (SSSR count). The molecule has 0 radical (unpaired) electrons. The van der Waals surface area contributed by atoms with E-state index >= 15 is 0 Å². The molecule has 0 bridgehead atoms. The average Bonchev–Trinajstić information content (AvgIpc) is 2.60. The fourth-order valence-corrected chi connectivity index (χ4v) is 3.09. The molecule has 5 nitrogen and oxygen atoms in total. The number of carbonyl (C=O) groups excluding carboxylic acids is 2. The molecule has 0 saturated heterocycles. The van der Waals surface area contributed by atoms with E-state index < -0.39 is 23.1 Å². The van der Waals surface area contributed by atoms with Crippen molar-refractivity contribution in [1.82, 2.24) is 0 Å². The minimum absolute atomic E-state index is 0.0161. The van der Waals surface area contributed by atoms with Gasteiger partial charge in [0, 0.05) is 17.2 Å². The minimum Gasteiger partial charge on any atom is -0.504 e. The second kappa shape index (κ2) is 6.59. The summed E-state index contributed by atoms with van der Waals surface area (Å²) in [7, 11) is 0. The van der Waals surface area contributed by atoms with Crippen LogP contribution in [0.2, 0.25) is 0 Å². The van der Waals surface area contributed by atoms with E-state index in [1.54, 1.807) is 18.2 Å². The molecule has 130 valence electrons. The van der Waals surface area contributed by atoms with Gasteiger partial charge in [0.15, 0.2) is 23.1 Å². The van der Waals surface area contributed by atoms with Crippen molar-refractivity contribution in [3.05, 3.63) is 52.6 Å². The van der Waals surface area contributed by atoms with Crippen LogP contribution in [-0.4, -0.2) is 27.9 Å². The van der Waals surface area contributed by atoms with Gasteiger partial charge in [-0.15, -0.1) is 0 Å². The third-order valence-electron chi connectivity index (χ3n) is 4.41. The number of phenols is 2. The molecule has 1 atom stereocenters. The van der Waals surface area contributed by atoms with E-state index in [4.69, 9.17) is 4.74 Å². The van der Waals surface area contributed by atoms with E-state index in [0.29, 0.717) is 0 Å². The maximum Gasteiger partial charge on any atom is 0.198 e. The second-order valence-electron chi connectivity index (χ2n) is 6.27. The van der Waals surface area contributed by atoms with Crippen molar-refractivity contribution in [2.24, 2.45) is 0 Å². The summed E-state index contributed by atoms with van der Waals surface area (Å²) in [6.45, 7) is 3.94. The van der Waals surface area contributed by atoms with Crippen LogP contribution < -0.4 is 4.74 Å². The summed E-state index contributed by atoms with van der Waals surface area (Å²) in [6.07, 6.45) is 2.57. The van der Waals surface area contributed by atoms with Gasteiger partial charge in [-0.2, -0.15) is 0 Å². The molecule has 0 heterocycles. The van der Waals surface area contributed by atoms with Gasteiger partial charge in [0.1, 0.15) is 5.75 Å². The summed E-state index contributed by atoms with van der Waals surface area (Å²) in [5.41, 5.74) is 0.311. The molecule has 0 spiro atoms. The third-order valence-corrected chi connectivity index (χ3v) is 4.41. The Morgan fingerprint density at radius 1 is 1.04 bits per heavy atom. The zero-order valence-electron chi connectivity index (χ0n) is 14.2. The highest BCUT2D eigenvalue weighted by molar-refractivity contribution is 6.30.